The Balaban J connectivity index is 1.29. The molecule has 126 valence electrons. The smallest absolute Gasteiger partial charge is 0.130 e. The fraction of sp³-hybridized carbons (Fsp3) is 0.450. The summed E-state index contributed by atoms with van der Waals surface area (Å²) in [6.45, 7) is 6.51. The van der Waals surface area contributed by atoms with Gasteiger partial charge in [-0.3, -0.25) is 14.8 Å². The molecular weight excluding hydrogens is 298 g/mol. The highest BCUT2D eigenvalue weighted by atomic mass is 16.5. The molecule has 0 spiro atoms. The standard InChI is InChI=1S/C20H25N3O/c1-2-10-21-18(4-1)16-24-20-8-6-17(7-9-20)14-22-12-13-23-11-3-5-19(23)15-22/h1-2,4,6-10,19H,3,5,11-16H2. The number of fused-ring (bicyclic) bond motifs is 1. The highest BCUT2D eigenvalue weighted by molar-refractivity contribution is 5.27. The SMILES string of the molecule is c1ccc(COc2ccc(CN3CCN4CCCC4C3)cc2)nc1. The third-order valence-electron chi connectivity index (χ3n) is 5.11. The van der Waals surface area contributed by atoms with E-state index >= 15 is 0 Å². The first kappa shape index (κ1) is 15.6. The summed E-state index contributed by atoms with van der Waals surface area (Å²) in [6.07, 6.45) is 4.55. The van der Waals surface area contributed by atoms with E-state index in [0.29, 0.717) is 6.61 Å². The minimum Gasteiger partial charge on any atom is -0.487 e. The van der Waals surface area contributed by atoms with Gasteiger partial charge in [-0.15, -0.1) is 0 Å². The van der Waals surface area contributed by atoms with E-state index in [1.165, 1.54) is 44.6 Å². The first-order valence-electron chi connectivity index (χ1n) is 8.95. The van der Waals surface area contributed by atoms with Gasteiger partial charge in [0.2, 0.25) is 0 Å². The molecule has 24 heavy (non-hydrogen) atoms. The van der Waals surface area contributed by atoms with Gasteiger partial charge in [0.15, 0.2) is 0 Å². The van der Waals surface area contributed by atoms with Gasteiger partial charge in [-0.25, -0.2) is 0 Å². The first-order chi connectivity index (χ1) is 11.9. The molecule has 2 fully saturated rings. The van der Waals surface area contributed by atoms with Gasteiger partial charge in [0, 0.05) is 38.4 Å². The maximum Gasteiger partial charge on any atom is 0.130 e. The second kappa shape index (κ2) is 7.32. The summed E-state index contributed by atoms with van der Waals surface area (Å²) in [5.41, 5.74) is 2.32. The van der Waals surface area contributed by atoms with Gasteiger partial charge in [0.05, 0.1) is 5.69 Å². The van der Waals surface area contributed by atoms with E-state index in [1.54, 1.807) is 6.20 Å². The molecule has 1 aromatic carbocycles. The Hall–Kier alpha value is -1.91. The molecule has 0 amide bonds. The number of benzene rings is 1. The van der Waals surface area contributed by atoms with Crippen molar-refractivity contribution >= 4 is 0 Å². The zero-order valence-electron chi connectivity index (χ0n) is 14.1. The van der Waals surface area contributed by atoms with Gasteiger partial charge < -0.3 is 4.74 Å². The average molecular weight is 323 g/mol. The fourth-order valence-electron chi connectivity index (χ4n) is 3.79. The van der Waals surface area contributed by atoms with Crippen LogP contribution in [0.1, 0.15) is 24.1 Å². The van der Waals surface area contributed by atoms with Crippen molar-refractivity contribution in [2.75, 3.05) is 26.2 Å². The van der Waals surface area contributed by atoms with Crippen LogP contribution in [0.25, 0.3) is 0 Å². The van der Waals surface area contributed by atoms with Crippen LogP contribution < -0.4 is 4.74 Å². The van der Waals surface area contributed by atoms with Crippen LogP contribution in [-0.2, 0) is 13.2 Å². The summed E-state index contributed by atoms with van der Waals surface area (Å²) in [5, 5.41) is 0. The van der Waals surface area contributed by atoms with E-state index in [1.807, 2.05) is 18.2 Å². The van der Waals surface area contributed by atoms with E-state index in [2.05, 4.69) is 39.0 Å². The number of pyridine rings is 1. The number of nitrogens with zero attached hydrogens (tertiary/aromatic N) is 3. The minimum atomic E-state index is 0.518. The Morgan fingerprint density at radius 3 is 2.79 bits per heavy atom. The normalized spacial score (nSPS) is 21.6. The molecular formula is C20H25N3O. The highest BCUT2D eigenvalue weighted by Gasteiger charge is 2.30. The van der Waals surface area contributed by atoms with Crippen LogP contribution >= 0.6 is 0 Å². The number of rotatable bonds is 5. The number of hydrogen-bond acceptors (Lipinski definition) is 4. The van der Waals surface area contributed by atoms with Crippen LogP contribution in [0.3, 0.4) is 0 Å². The Kier molecular flexibility index (Phi) is 4.76. The summed E-state index contributed by atoms with van der Waals surface area (Å²) in [7, 11) is 0. The first-order valence-corrected chi connectivity index (χ1v) is 8.95. The van der Waals surface area contributed by atoms with E-state index in [9.17, 15) is 0 Å². The molecule has 1 atom stereocenters. The molecule has 0 radical (unpaired) electrons. The molecule has 2 saturated heterocycles. The molecule has 0 N–H and O–H groups in total. The molecule has 4 nitrogen and oxygen atoms in total. The summed E-state index contributed by atoms with van der Waals surface area (Å²) in [6, 6.07) is 15.2. The maximum atomic E-state index is 5.81. The van der Waals surface area contributed by atoms with Gasteiger partial charge in [-0.1, -0.05) is 18.2 Å². The minimum absolute atomic E-state index is 0.518. The molecule has 2 aromatic rings. The van der Waals surface area contributed by atoms with Crippen LogP contribution in [0, 0.1) is 0 Å². The predicted octanol–water partition coefficient (Wildman–Crippen LogP) is 2.94. The number of piperazine rings is 1. The zero-order chi connectivity index (χ0) is 16.2. The lowest BCUT2D eigenvalue weighted by Gasteiger charge is -2.37. The third-order valence-corrected chi connectivity index (χ3v) is 5.11. The largest absolute Gasteiger partial charge is 0.487 e. The van der Waals surface area contributed by atoms with Crippen molar-refractivity contribution in [3.8, 4) is 5.75 Å². The van der Waals surface area contributed by atoms with E-state index in [-0.39, 0.29) is 0 Å². The monoisotopic (exact) mass is 323 g/mol. The molecule has 2 aliphatic heterocycles. The molecule has 1 unspecified atom stereocenters. The molecule has 2 aliphatic rings. The molecule has 4 rings (SSSR count). The Labute approximate surface area is 144 Å². The lowest BCUT2D eigenvalue weighted by Crippen LogP contribution is -2.49. The van der Waals surface area contributed by atoms with Crippen LogP contribution in [-0.4, -0.2) is 47.0 Å². The summed E-state index contributed by atoms with van der Waals surface area (Å²) >= 11 is 0. The van der Waals surface area contributed by atoms with E-state index < -0.39 is 0 Å². The van der Waals surface area contributed by atoms with Crippen LogP contribution in [0.15, 0.2) is 48.7 Å². The summed E-state index contributed by atoms with van der Waals surface area (Å²) < 4.78 is 5.81. The van der Waals surface area contributed by atoms with Gasteiger partial charge in [-0.2, -0.15) is 0 Å². The van der Waals surface area contributed by atoms with Crippen molar-refractivity contribution in [2.45, 2.75) is 32.0 Å². The molecule has 0 bridgehead atoms. The fourth-order valence-corrected chi connectivity index (χ4v) is 3.79. The lowest BCUT2D eigenvalue weighted by atomic mass is 10.1. The molecule has 1 aromatic heterocycles. The second-order valence-electron chi connectivity index (χ2n) is 6.82. The van der Waals surface area contributed by atoms with Crippen LogP contribution in [0.5, 0.6) is 5.75 Å². The lowest BCUT2D eigenvalue weighted by molar-refractivity contribution is 0.0993. The van der Waals surface area contributed by atoms with Crippen molar-refractivity contribution in [1.82, 2.24) is 14.8 Å². The maximum absolute atomic E-state index is 5.81. The second-order valence-corrected chi connectivity index (χ2v) is 6.82. The molecule has 0 aliphatic carbocycles. The van der Waals surface area contributed by atoms with E-state index in [4.69, 9.17) is 4.74 Å². The van der Waals surface area contributed by atoms with Gasteiger partial charge in [-0.05, 0) is 49.2 Å². The Bertz CT molecular complexity index is 644. The Morgan fingerprint density at radius 1 is 1.04 bits per heavy atom. The molecule has 3 heterocycles. The average Bonchev–Trinajstić information content (AvgIpc) is 3.10. The van der Waals surface area contributed by atoms with Gasteiger partial charge in [0.25, 0.3) is 0 Å². The third kappa shape index (κ3) is 3.77. The number of ether oxygens (including phenoxy) is 1. The highest BCUT2D eigenvalue weighted by Crippen LogP contribution is 2.23. The summed E-state index contributed by atoms with van der Waals surface area (Å²) in [4.78, 5) is 9.53. The zero-order valence-corrected chi connectivity index (χ0v) is 14.1. The van der Waals surface area contributed by atoms with Crippen LogP contribution in [0.2, 0.25) is 0 Å². The van der Waals surface area contributed by atoms with E-state index in [0.717, 1.165) is 24.0 Å². The van der Waals surface area contributed by atoms with Crippen LogP contribution in [0.4, 0.5) is 0 Å². The number of aromatic nitrogens is 1. The van der Waals surface area contributed by atoms with Crippen molar-refractivity contribution < 1.29 is 4.74 Å². The van der Waals surface area contributed by atoms with Crippen molar-refractivity contribution in [3.05, 3.63) is 59.9 Å². The topological polar surface area (TPSA) is 28.6 Å². The summed E-state index contributed by atoms with van der Waals surface area (Å²) in [5.74, 6) is 0.907. The van der Waals surface area contributed by atoms with Crippen molar-refractivity contribution in [2.24, 2.45) is 0 Å². The Morgan fingerprint density at radius 2 is 1.96 bits per heavy atom. The van der Waals surface area contributed by atoms with Crippen molar-refractivity contribution in [1.29, 1.82) is 0 Å². The number of hydrogen-bond donors (Lipinski definition) is 0. The van der Waals surface area contributed by atoms with Gasteiger partial charge in [0.1, 0.15) is 12.4 Å². The van der Waals surface area contributed by atoms with Gasteiger partial charge >= 0.3 is 0 Å². The predicted molar refractivity (Wildman–Crippen MR) is 94.9 cm³/mol. The molecule has 4 heteroatoms. The molecule has 0 saturated carbocycles. The van der Waals surface area contributed by atoms with Crippen molar-refractivity contribution in [3.63, 3.8) is 0 Å². The quantitative estimate of drug-likeness (QED) is 0.846.